The van der Waals surface area contributed by atoms with Gasteiger partial charge in [-0.05, 0) is 25.3 Å². The molecule has 0 spiro atoms. The summed E-state index contributed by atoms with van der Waals surface area (Å²) in [5, 5.41) is 2.85. The number of esters is 1. The lowest BCUT2D eigenvalue weighted by molar-refractivity contribution is -0.147. The molecule has 2 N–H and O–H groups in total. The van der Waals surface area contributed by atoms with E-state index in [2.05, 4.69) is 15.3 Å². The van der Waals surface area contributed by atoms with Crippen LogP contribution in [0.15, 0.2) is 39.9 Å². The summed E-state index contributed by atoms with van der Waals surface area (Å²) in [7, 11) is 3.42. The average molecular weight is 540 g/mol. The molecule has 0 aliphatic carbocycles. The van der Waals surface area contributed by atoms with Gasteiger partial charge in [0.1, 0.15) is 11.9 Å². The molecule has 212 valence electrons. The number of ether oxygens (including phenoxy) is 1. The van der Waals surface area contributed by atoms with Crippen LogP contribution in [-0.2, 0) is 41.3 Å². The smallest absolute Gasteiger partial charge is 0.329 e. The largest absolute Gasteiger partial charge is 0.464 e. The van der Waals surface area contributed by atoms with Gasteiger partial charge in [-0.2, -0.15) is 0 Å². The van der Waals surface area contributed by atoms with E-state index in [1.54, 1.807) is 18.5 Å². The maximum atomic E-state index is 12.4. The third kappa shape index (κ3) is 8.66. The van der Waals surface area contributed by atoms with E-state index >= 15 is 0 Å². The van der Waals surface area contributed by atoms with Gasteiger partial charge in [0.25, 0.3) is 5.56 Å². The molecule has 10 heteroatoms. The quantitative estimate of drug-likeness (QED) is 0.212. The van der Waals surface area contributed by atoms with E-state index in [0.29, 0.717) is 24.0 Å². The molecule has 0 radical (unpaired) electrons. The number of fused-ring (bicyclic) bond motifs is 1. The van der Waals surface area contributed by atoms with Crippen LogP contribution in [0.2, 0.25) is 0 Å². The van der Waals surface area contributed by atoms with Gasteiger partial charge in [-0.25, -0.2) is 14.6 Å². The molecule has 2 heterocycles. The molecule has 1 aromatic carbocycles. The number of carbonyl (C=O) groups is 2. The van der Waals surface area contributed by atoms with E-state index in [1.165, 1.54) is 4.57 Å². The summed E-state index contributed by atoms with van der Waals surface area (Å²) in [5.41, 5.74) is 0.960. The summed E-state index contributed by atoms with van der Waals surface area (Å²) in [5.74, 6) is 0.294. The monoisotopic (exact) mass is 539 g/mol. The highest BCUT2D eigenvalue weighted by molar-refractivity contribution is 5.84. The predicted octanol–water partition coefficient (Wildman–Crippen LogP) is 3.30. The minimum atomic E-state index is -0.670. The van der Waals surface area contributed by atoms with Gasteiger partial charge < -0.3 is 14.6 Å². The van der Waals surface area contributed by atoms with Crippen molar-refractivity contribution in [1.29, 1.82) is 0 Å². The molecule has 0 aliphatic rings. The topological polar surface area (TPSA) is 128 Å². The number of hydrogen-bond acceptors (Lipinski definition) is 6. The second kappa shape index (κ2) is 15.0. The number of H-pyrrole nitrogens is 1. The number of carbonyl (C=O) groups excluding carboxylic acids is 2. The number of aromatic nitrogens is 4. The van der Waals surface area contributed by atoms with Crippen LogP contribution < -0.4 is 16.6 Å². The highest BCUT2D eigenvalue weighted by Gasteiger charge is 2.22. The first-order chi connectivity index (χ1) is 18.8. The molecule has 10 nitrogen and oxygen atoms in total. The first kappa shape index (κ1) is 29.9. The van der Waals surface area contributed by atoms with E-state index in [4.69, 9.17) is 4.74 Å². The Labute approximate surface area is 228 Å². The minimum Gasteiger partial charge on any atom is -0.464 e. The number of imidazole rings is 1. The lowest BCUT2D eigenvalue weighted by Gasteiger charge is -2.17. The van der Waals surface area contributed by atoms with Crippen molar-refractivity contribution in [2.24, 2.45) is 14.1 Å². The Hall–Kier alpha value is -3.69. The number of aromatic amines is 1. The molecule has 1 unspecified atom stereocenters. The van der Waals surface area contributed by atoms with Crippen LogP contribution in [0.25, 0.3) is 11.2 Å². The zero-order valence-electron chi connectivity index (χ0n) is 23.3. The summed E-state index contributed by atoms with van der Waals surface area (Å²) in [6.07, 6.45) is 9.80. The molecular formula is C29H41N5O5. The van der Waals surface area contributed by atoms with Crippen LogP contribution in [-0.4, -0.2) is 43.6 Å². The summed E-state index contributed by atoms with van der Waals surface area (Å²) in [6.45, 7) is 2.04. The molecule has 0 fully saturated rings. The Morgan fingerprint density at radius 3 is 2.26 bits per heavy atom. The van der Waals surface area contributed by atoms with E-state index in [9.17, 15) is 19.2 Å². The maximum Gasteiger partial charge on any atom is 0.329 e. The molecule has 3 aromatic rings. The van der Waals surface area contributed by atoms with Crippen molar-refractivity contribution in [3.05, 3.63) is 62.6 Å². The van der Waals surface area contributed by atoms with E-state index in [0.717, 1.165) is 69.2 Å². The second-order valence-electron chi connectivity index (χ2n) is 9.97. The van der Waals surface area contributed by atoms with Crippen molar-refractivity contribution in [1.82, 2.24) is 24.4 Å². The van der Waals surface area contributed by atoms with E-state index in [1.807, 2.05) is 37.4 Å². The Morgan fingerprint density at radius 1 is 0.949 bits per heavy atom. The van der Waals surface area contributed by atoms with E-state index < -0.39 is 23.3 Å². The molecule has 1 amide bonds. The number of aryl methyl sites for hydroxylation is 3. The summed E-state index contributed by atoms with van der Waals surface area (Å²) >= 11 is 0. The van der Waals surface area contributed by atoms with Crippen molar-refractivity contribution in [2.75, 3.05) is 6.61 Å². The zero-order valence-corrected chi connectivity index (χ0v) is 23.3. The van der Waals surface area contributed by atoms with Crippen molar-refractivity contribution in [2.45, 2.75) is 83.6 Å². The van der Waals surface area contributed by atoms with Gasteiger partial charge in [0, 0.05) is 33.4 Å². The molecule has 0 bridgehead atoms. The average Bonchev–Trinajstić information content (AvgIpc) is 3.25. The van der Waals surface area contributed by atoms with Crippen LogP contribution in [0, 0.1) is 0 Å². The van der Waals surface area contributed by atoms with Gasteiger partial charge in [0.2, 0.25) is 5.91 Å². The first-order valence-electron chi connectivity index (χ1n) is 14.0. The Bertz CT molecular complexity index is 1340. The third-order valence-corrected chi connectivity index (χ3v) is 6.97. The second-order valence-corrected chi connectivity index (χ2v) is 9.97. The molecule has 0 saturated carbocycles. The van der Waals surface area contributed by atoms with Crippen LogP contribution in [0.1, 0.15) is 76.1 Å². The molecule has 3 rings (SSSR count). The Kier molecular flexibility index (Phi) is 11.5. The fourth-order valence-corrected chi connectivity index (χ4v) is 4.76. The van der Waals surface area contributed by atoms with Crippen LogP contribution in [0.4, 0.5) is 0 Å². The highest BCUT2D eigenvalue weighted by atomic mass is 16.5. The van der Waals surface area contributed by atoms with Gasteiger partial charge in [-0.15, -0.1) is 0 Å². The number of benzene rings is 1. The van der Waals surface area contributed by atoms with Crippen LogP contribution in [0.5, 0.6) is 0 Å². The fraction of sp³-hybridized carbons (Fsp3) is 0.552. The number of rotatable bonds is 16. The number of nitrogens with one attached hydrogen (secondary N) is 2. The van der Waals surface area contributed by atoms with Crippen LogP contribution >= 0.6 is 0 Å². The van der Waals surface area contributed by atoms with Gasteiger partial charge in [-0.1, -0.05) is 68.9 Å². The summed E-state index contributed by atoms with van der Waals surface area (Å²) in [6, 6.07) is 8.95. The third-order valence-electron chi connectivity index (χ3n) is 6.97. The first-order valence-corrected chi connectivity index (χ1v) is 14.0. The van der Waals surface area contributed by atoms with Crippen LogP contribution in [0.3, 0.4) is 0 Å². The Morgan fingerprint density at radius 2 is 1.59 bits per heavy atom. The zero-order chi connectivity index (χ0) is 28.2. The SMILES string of the molecule is CCOC(=O)C(Cc1ccccc1)NC(=O)CCCCCCCCCCc1nc2c(c(=O)[nH]c(=O)n2C)n1C. The fourth-order valence-electron chi connectivity index (χ4n) is 4.76. The molecular weight excluding hydrogens is 498 g/mol. The summed E-state index contributed by atoms with van der Waals surface area (Å²) < 4.78 is 8.30. The van der Waals surface area contributed by atoms with Gasteiger partial charge in [-0.3, -0.25) is 19.1 Å². The Balaban J connectivity index is 1.29. The number of hydrogen-bond donors (Lipinski definition) is 2. The maximum absolute atomic E-state index is 12.4. The molecule has 2 aromatic heterocycles. The van der Waals surface area contributed by atoms with Crippen molar-refractivity contribution in [3.8, 4) is 0 Å². The van der Waals surface area contributed by atoms with Gasteiger partial charge >= 0.3 is 11.7 Å². The summed E-state index contributed by atoms with van der Waals surface area (Å²) in [4.78, 5) is 55.6. The van der Waals surface area contributed by atoms with Crippen molar-refractivity contribution in [3.63, 3.8) is 0 Å². The van der Waals surface area contributed by atoms with E-state index in [-0.39, 0.29) is 12.5 Å². The number of amides is 1. The standard InChI is InChI=1S/C29H41N5O5/c1-4-39-28(37)22(20-21-16-12-11-13-17-21)30-24(35)19-15-10-8-6-5-7-9-14-18-23-31-26-25(33(23)2)27(36)32-29(38)34(26)3/h11-13,16-17,22H,4-10,14-15,18-20H2,1-3H3,(H,30,35)(H,32,36,38). The molecule has 39 heavy (non-hydrogen) atoms. The van der Waals surface area contributed by atoms with Crippen molar-refractivity contribution < 1.29 is 14.3 Å². The lowest BCUT2D eigenvalue weighted by atomic mass is 10.0. The number of nitrogens with zero attached hydrogens (tertiary/aromatic N) is 3. The number of unbranched alkanes of at least 4 members (excludes halogenated alkanes) is 7. The molecule has 1 atom stereocenters. The highest BCUT2D eigenvalue weighted by Crippen LogP contribution is 2.14. The predicted molar refractivity (Wildman–Crippen MR) is 151 cm³/mol. The minimum absolute atomic E-state index is 0.118. The lowest BCUT2D eigenvalue weighted by Crippen LogP contribution is -2.43. The molecule has 0 aliphatic heterocycles. The van der Waals surface area contributed by atoms with Crippen molar-refractivity contribution >= 4 is 23.0 Å². The normalized spacial score (nSPS) is 12.0. The van der Waals surface area contributed by atoms with Gasteiger partial charge in [0.05, 0.1) is 6.61 Å². The molecule has 0 saturated heterocycles. The van der Waals surface area contributed by atoms with Gasteiger partial charge in [0.15, 0.2) is 11.2 Å².